The summed E-state index contributed by atoms with van der Waals surface area (Å²) in [7, 11) is 0. The topological polar surface area (TPSA) is 34.9 Å². The minimum absolute atomic E-state index is 0.231. The molecule has 1 aliphatic rings. The van der Waals surface area contributed by atoms with Crippen molar-refractivity contribution in [2.24, 2.45) is 0 Å². The normalized spacial score (nSPS) is 18.8. The zero-order valence-electron chi connectivity index (χ0n) is 11.6. The molecule has 3 nitrogen and oxygen atoms in total. The van der Waals surface area contributed by atoms with Gasteiger partial charge in [0.05, 0.1) is 17.3 Å². The van der Waals surface area contributed by atoms with Crippen LogP contribution in [0, 0.1) is 6.92 Å². The summed E-state index contributed by atoms with van der Waals surface area (Å²) in [4.78, 5) is 16.8. The van der Waals surface area contributed by atoms with E-state index in [2.05, 4.69) is 4.98 Å². The first kappa shape index (κ1) is 14.1. The van der Waals surface area contributed by atoms with Gasteiger partial charge in [-0.25, -0.2) is 4.98 Å². The SMILES string of the molecule is Cc1ccc2nc3n(c(=O)c2c1)CCCC3CC(F)(F)F. The Hall–Kier alpha value is -1.85. The Balaban J connectivity index is 2.17. The number of halogens is 3. The molecule has 2 heterocycles. The van der Waals surface area contributed by atoms with Crippen LogP contribution in [0.4, 0.5) is 13.2 Å². The first-order chi connectivity index (χ1) is 9.85. The molecular weight excluding hydrogens is 281 g/mol. The Labute approximate surface area is 119 Å². The smallest absolute Gasteiger partial charge is 0.296 e. The van der Waals surface area contributed by atoms with Crippen LogP contribution >= 0.6 is 0 Å². The molecule has 3 rings (SSSR count). The highest BCUT2D eigenvalue weighted by Crippen LogP contribution is 2.35. The van der Waals surface area contributed by atoms with Gasteiger partial charge in [0.15, 0.2) is 0 Å². The van der Waals surface area contributed by atoms with E-state index in [1.165, 1.54) is 4.57 Å². The molecule has 1 aromatic heterocycles. The van der Waals surface area contributed by atoms with Gasteiger partial charge in [-0.1, -0.05) is 11.6 Å². The highest BCUT2D eigenvalue weighted by Gasteiger charge is 2.36. The molecule has 1 aliphatic heterocycles. The maximum absolute atomic E-state index is 12.7. The summed E-state index contributed by atoms with van der Waals surface area (Å²) in [6.45, 7) is 2.31. The Morgan fingerprint density at radius 3 is 2.86 bits per heavy atom. The fourth-order valence-electron chi connectivity index (χ4n) is 2.98. The number of alkyl halides is 3. The average molecular weight is 296 g/mol. The molecule has 6 heteroatoms. The van der Waals surface area contributed by atoms with E-state index in [1.807, 2.05) is 13.0 Å². The predicted octanol–water partition coefficient (Wildman–Crippen LogP) is 3.53. The van der Waals surface area contributed by atoms with E-state index in [1.54, 1.807) is 12.1 Å². The Morgan fingerprint density at radius 2 is 2.14 bits per heavy atom. The standard InChI is InChI=1S/C15H15F3N2O/c1-9-4-5-12-11(7-9)14(21)20-6-2-3-10(13(20)19-12)8-15(16,17)18/h4-5,7,10H,2-3,6,8H2,1H3. The van der Waals surface area contributed by atoms with Gasteiger partial charge in [0.1, 0.15) is 5.82 Å². The molecule has 0 fully saturated rings. The number of aromatic nitrogens is 2. The Kier molecular flexibility index (Phi) is 3.26. The second kappa shape index (κ2) is 4.86. The maximum atomic E-state index is 12.7. The summed E-state index contributed by atoms with van der Waals surface area (Å²) in [5, 5.41) is 0.478. The van der Waals surface area contributed by atoms with Crippen LogP contribution < -0.4 is 5.56 Å². The molecule has 0 N–H and O–H groups in total. The molecule has 0 saturated carbocycles. The van der Waals surface area contributed by atoms with Crippen LogP contribution in [0.15, 0.2) is 23.0 Å². The number of hydrogen-bond donors (Lipinski definition) is 0. The number of benzene rings is 1. The predicted molar refractivity (Wildman–Crippen MR) is 73.4 cm³/mol. The van der Waals surface area contributed by atoms with Crippen LogP contribution in [0.5, 0.6) is 0 Å². The van der Waals surface area contributed by atoms with Crippen molar-refractivity contribution in [1.82, 2.24) is 9.55 Å². The lowest BCUT2D eigenvalue weighted by Crippen LogP contribution is -2.32. The van der Waals surface area contributed by atoms with Gasteiger partial charge < -0.3 is 0 Å². The van der Waals surface area contributed by atoms with Crippen molar-refractivity contribution in [2.75, 3.05) is 0 Å². The van der Waals surface area contributed by atoms with E-state index in [9.17, 15) is 18.0 Å². The van der Waals surface area contributed by atoms with E-state index in [-0.39, 0.29) is 11.4 Å². The third kappa shape index (κ3) is 2.66. The van der Waals surface area contributed by atoms with Gasteiger partial charge in [-0.2, -0.15) is 13.2 Å². The van der Waals surface area contributed by atoms with Crippen LogP contribution in [-0.2, 0) is 6.54 Å². The van der Waals surface area contributed by atoms with Gasteiger partial charge in [-0.05, 0) is 31.9 Å². The van der Waals surface area contributed by atoms with E-state index >= 15 is 0 Å². The molecule has 0 radical (unpaired) electrons. The minimum atomic E-state index is -4.24. The van der Waals surface area contributed by atoms with Crippen LogP contribution in [-0.4, -0.2) is 15.7 Å². The van der Waals surface area contributed by atoms with E-state index in [0.29, 0.717) is 30.3 Å². The van der Waals surface area contributed by atoms with Gasteiger partial charge in [0.25, 0.3) is 5.56 Å². The van der Waals surface area contributed by atoms with Crippen molar-refractivity contribution in [3.05, 3.63) is 39.9 Å². The number of rotatable bonds is 1. The Bertz CT molecular complexity index is 749. The summed E-state index contributed by atoms with van der Waals surface area (Å²) in [6.07, 6.45) is -4.17. The van der Waals surface area contributed by atoms with E-state index < -0.39 is 18.5 Å². The first-order valence-corrected chi connectivity index (χ1v) is 6.93. The first-order valence-electron chi connectivity index (χ1n) is 6.93. The molecule has 1 aromatic carbocycles. The molecule has 0 amide bonds. The lowest BCUT2D eigenvalue weighted by molar-refractivity contribution is -0.140. The number of fused-ring (bicyclic) bond motifs is 2. The molecule has 1 atom stereocenters. The summed E-state index contributed by atoms with van der Waals surface area (Å²) in [6, 6.07) is 5.25. The summed E-state index contributed by atoms with van der Waals surface area (Å²) in [5.41, 5.74) is 1.18. The van der Waals surface area contributed by atoms with Crippen molar-refractivity contribution in [3.63, 3.8) is 0 Å². The van der Waals surface area contributed by atoms with Gasteiger partial charge in [0.2, 0.25) is 0 Å². The van der Waals surface area contributed by atoms with Crippen LogP contribution in [0.25, 0.3) is 10.9 Å². The Morgan fingerprint density at radius 1 is 1.38 bits per heavy atom. The molecule has 112 valence electrons. The number of aryl methyl sites for hydroxylation is 1. The van der Waals surface area contributed by atoms with Crippen LogP contribution in [0.1, 0.15) is 36.6 Å². The molecular formula is C15H15F3N2O. The largest absolute Gasteiger partial charge is 0.389 e. The minimum Gasteiger partial charge on any atom is -0.296 e. The lowest BCUT2D eigenvalue weighted by Gasteiger charge is -2.26. The van der Waals surface area contributed by atoms with Crippen molar-refractivity contribution in [2.45, 2.75) is 44.8 Å². The quantitative estimate of drug-likeness (QED) is 0.807. The molecule has 0 saturated heterocycles. The molecule has 0 bridgehead atoms. The molecule has 0 aliphatic carbocycles. The van der Waals surface area contributed by atoms with Crippen LogP contribution in [0.3, 0.4) is 0 Å². The van der Waals surface area contributed by atoms with Crippen LogP contribution in [0.2, 0.25) is 0 Å². The summed E-state index contributed by atoms with van der Waals surface area (Å²) in [5.74, 6) is -0.447. The van der Waals surface area contributed by atoms with Crippen molar-refractivity contribution >= 4 is 10.9 Å². The number of nitrogens with zero attached hydrogens (tertiary/aromatic N) is 2. The van der Waals surface area contributed by atoms with Gasteiger partial charge in [-0.15, -0.1) is 0 Å². The second-order valence-corrected chi connectivity index (χ2v) is 5.61. The van der Waals surface area contributed by atoms with Gasteiger partial charge in [-0.3, -0.25) is 9.36 Å². The number of hydrogen-bond acceptors (Lipinski definition) is 2. The third-order valence-corrected chi connectivity index (χ3v) is 3.92. The zero-order chi connectivity index (χ0) is 15.2. The lowest BCUT2D eigenvalue weighted by atomic mass is 9.94. The van der Waals surface area contributed by atoms with Gasteiger partial charge >= 0.3 is 6.18 Å². The van der Waals surface area contributed by atoms with Gasteiger partial charge in [0, 0.05) is 12.5 Å². The van der Waals surface area contributed by atoms with E-state index in [0.717, 1.165) is 5.56 Å². The third-order valence-electron chi connectivity index (χ3n) is 3.92. The van der Waals surface area contributed by atoms with Crippen molar-refractivity contribution < 1.29 is 13.2 Å². The molecule has 2 aromatic rings. The molecule has 1 unspecified atom stereocenters. The highest BCUT2D eigenvalue weighted by molar-refractivity contribution is 5.78. The fraction of sp³-hybridized carbons (Fsp3) is 0.467. The highest BCUT2D eigenvalue weighted by atomic mass is 19.4. The fourth-order valence-corrected chi connectivity index (χ4v) is 2.98. The average Bonchev–Trinajstić information content (AvgIpc) is 2.39. The molecule has 0 spiro atoms. The molecule has 21 heavy (non-hydrogen) atoms. The summed E-state index contributed by atoms with van der Waals surface area (Å²) < 4.78 is 39.5. The monoisotopic (exact) mass is 296 g/mol. The summed E-state index contributed by atoms with van der Waals surface area (Å²) >= 11 is 0. The second-order valence-electron chi connectivity index (χ2n) is 5.61. The van der Waals surface area contributed by atoms with E-state index in [4.69, 9.17) is 0 Å². The maximum Gasteiger partial charge on any atom is 0.389 e. The zero-order valence-corrected chi connectivity index (χ0v) is 11.6. The van der Waals surface area contributed by atoms with Crippen molar-refractivity contribution in [3.8, 4) is 0 Å². The van der Waals surface area contributed by atoms with Crippen molar-refractivity contribution in [1.29, 1.82) is 0 Å².